The molecule has 4 aliphatic carbocycles. The molecule has 0 amide bonds. The lowest BCUT2D eigenvalue weighted by atomic mass is 9.43. The maximum absolute atomic E-state index is 12.5. The molecule has 4 fully saturated rings. The summed E-state index contributed by atoms with van der Waals surface area (Å²) in [5, 5.41) is 33.4. The van der Waals surface area contributed by atoms with Gasteiger partial charge in [-0.2, -0.15) is 0 Å². The molecule has 0 heterocycles. The Labute approximate surface area is 216 Å². The number of hydrogen-bond donors (Lipinski definition) is 3. The van der Waals surface area contributed by atoms with Crippen LogP contribution in [0.4, 0.5) is 0 Å². The summed E-state index contributed by atoms with van der Waals surface area (Å²) in [6, 6.07) is 9.78. The summed E-state index contributed by atoms with van der Waals surface area (Å²) in [5.41, 5.74) is 0.865. The Morgan fingerprint density at radius 3 is 2.53 bits per heavy atom. The number of aliphatic hydroxyl groups is 3. The fraction of sp³-hybridized carbons (Fsp3) is 0.774. The second-order valence-electron chi connectivity index (χ2n) is 13.2. The first-order valence-electron chi connectivity index (χ1n) is 14.4. The van der Waals surface area contributed by atoms with Crippen LogP contribution in [-0.2, 0) is 16.1 Å². The molecule has 5 rings (SSSR count). The second-order valence-corrected chi connectivity index (χ2v) is 13.2. The van der Waals surface area contributed by atoms with E-state index in [1.807, 2.05) is 30.3 Å². The van der Waals surface area contributed by atoms with Crippen molar-refractivity contribution in [1.82, 2.24) is 0 Å². The van der Waals surface area contributed by atoms with E-state index in [0.29, 0.717) is 42.6 Å². The molecule has 4 saturated carbocycles. The monoisotopic (exact) mass is 498 g/mol. The van der Waals surface area contributed by atoms with E-state index in [0.717, 1.165) is 56.9 Å². The van der Waals surface area contributed by atoms with Crippen molar-refractivity contribution in [3.63, 3.8) is 0 Å². The summed E-state index contributed by atoms with van der Waals surface area (Å²) >= 11 is 0. The van der Waals surface area contributed by atoms with Gasteiger partial charge < -0.3 is 20.1 Å². The van der Waals surface area contributed by atoms with Crippen molar-refractivity contribution in [3.8, 4) is 0 Å². The van der Waals surface area contributed by atoms with Crippen LogP contribution in [0.15, 0.2) is 30.3 Å². The zero-order chi connectivity index (χ0) is 25.7. The number of carbonyl (C=O) groups is 1. The number of rotatable bonds is 6. The quantitative estimate of drug-likeness (QED) is 0.475. The molecule has 0 radical (unpaired) electrons. The molecular weight excluding hydrogens is 452 g/mol. The molecular formula is C31H46O5. The van der Waals surface area contributed by atoms with Gasteiger partial charge in [-0.25, -0.2) is 0 Å². The fourth-order valence-electron chi connectivity index (χ4n) is 9.49. The van der Waals surface area contributed by atoms with E-state index < -0.39 is 6.10 Å². The summed E-state index contributed by atoms with van der Waals surface area (Å²) in [5.74, 6) is 1.68. The van der Waals surface area contributed by atoms with Gasteiger partial charge in [-0.15, -0.1) is 0 Å². The zero-order valence-electron chi connectivity index (χ0n) is 22.3. The van der Waals surface area contributed by atoms with Gasteiger partial charge in [0.2, 0.25) is 0 Å². The van der Waals surface area contributed by atoms with Crippen LogP contribution < -0.4 is 0 Å². The maximum Gasteiger partial charge on any atom is 0.306 e. The van der Waals surface area contributed by atoms with Gasteiger partial charge in [0, 0.05) is 6.42 Å². The minimum Gasteiger partial charge on any atom is -0.461 e. The number of benzene rings is 1. The Kier molecular flexibility index (Phi) is 7.30. The molecule has 200 valence electrons. The van der Waals surface area contributed by atoms with Crippen molar-refractivity contribution in [3.05, 3.63) is 35.9 Å². The largest absolute Gasteiger partial charge is 0.461 e. The Hall–Kier alpha value is -1.43. The van der Waals surface area contributed by atoms with Gasteiger partial charge in [0.05, 0.1) is 18.3 Å². The number of ether oxygens (including phenoxy) is 1. The molecule has 11 unspecified atom stereocenters. The molecule has 3 N–H and O–H groups in total. The third-order valence-corrected chi connectivity index (χ3v) is 11.6. The number of aliphatic hydroxyl groups excluding tert-OH is 3. The number of fused-ring (bicyclic) bond motifs is 5. The van der Waals surface area contributed by atoms with E-state index in [4.69, 9.17) is 4.74 Å². The second kappa shape index (κ2) is 10.0. The summed E-state index contributed by atoms with van der Waals surface area (Å²) in [7, 11) is 0. The highest BCUT2D eigenvalue weighted by molar-refractivity contribution is 5.69. The van der Waals surface area contributed by atoms with E-state index in [2.05, 4.69) is 20.8 Å². The minimum atomic E-state index is -0.390. The molecule has 0 aromatic heterocycles. The average Bonchev–Trinajstić information content (AvgIpc) is 3.22. The van der Waals surface area contributed by atoms with Gasteiger partial charge in [-0.05, 0) is 103 Å². The van der Waals surface area contributed by atoms with Crippen molar-refractivity contribution in [2.24, 2.45) is 46.3 Å². The van der Waals surface area contributed by atoms with Crippen LogP contribution in [0.2, 0.25) is 0 Å². The summed E-state index contributed by atoms with van der Waals surface area (Å²) in [6.07, 6.45) is 6.42. The molecule has 1 aromatic rings. The van der Waals surface area contributed by atoms with Gasteiger partial charge in [0.1, 0.15) is 6.61 Å². The SMILES string of the molecule is CC(CCC(=O)OCc1ccccc1)C1CCC2C3C(O)CC4CC(O)CCC4(C)C3CC(O)C12C. The smallest absolute Gasteiger partial charge is 0.306 e. The highest BCUT2D eigenvalue weighted by atomic mass is 16.5. The van der Waals surface area contributed by atoms with Gasteiger partial charge in [-0.1, -0.05) is 51.1 Å². The Morgan fingerprint density at radius 1 is 1.03 bits per heavy atom. The molecule has 5 nitrogen and oxygen atoms in total. The molecule has 1 aromatic carbocycles. The van der Waals surface area contributed by atoms with Crippen LogP contribution in [0, 0.1) is 46.3 Å². The van der Waals surface area contributed by atoms with Gasteiger partial charge in [0.25, 0.3) is 0 Å². The van der Waals surface area contributed by atoms with E-state index in [1.165, 1.54) is 0 Å². The van der Waals surface area contributed by atoms with Gasteiger partial charge in [-0.3, -0.25) is 4.79 Å². The highest BCUT2D eigenvalue weighted by Crippen LogP contribution is 2.68. The van der Waals surface area contributed by atoms with Crippen molar-refractivity contribution < 1.29 is 24.9 Å². The summed E-state index contributed by atoms with van der Waals surface area (Å²) in [4.78, 5) is 12.5. The normalized spacial score (nSPS) is 44.7. The lowest BCUT2D eigenvalue weighted by Crippen LogP contribution is -2.62. The predicted octanol–water partition coefficient (Wildman–Crippen LogP) is 5.11. The first-order valence-corrected chi connectivity index (χ1v) is 14.4. The van der Waals surface area contributed by atoms with Crippen LogP contribution in [0.3, 0.4) is 0 Å². The standard InChI is InChI=1S/C31H46O5/c1-19(9-12-28(35)36-18-20-7-5-4-6-8-20)23-10-11-24-29-25(17-27(34)31(23,24)3)30(2)14-13-22(32)15-21(30)16-26(29)33/h4-8,19,21-27,29,32-34H,9-18H2,1-3H3. The van der Waals surface area contributed by atoms with Crippen LogP contribution in [-0.4, -0.2) is 39.6 Å². The molecule has 36 heavy (non-hydrogen) atoms. The Bertz CT molecular complexity index is 919. The van der Waals surface area contributed by atoms with Crippen LogP contribution in [0.1, 0.15) is 84.1 Å². The van der Waals surface area contributed by atoms with Gasteiger partial charge >= 0.3 is 5.97 Å². The van der Waals surface area contributed by atoms with E-state index in [-0.39, 0.29) is 34.9 Å². The van der Waals surface area contributed by atoms with Crippen LogP contribution in [0.5, 0.6) is 0 Å². The minimum absolute atomic E-state index is 0.0949. The number of esters is 1. The Morgan fingerprint density at radius 2 is 1.78 bits per heavy atom. The lowest BCUT2D eigenvalue weighted by molar-refractivity contribution is -0.207. The first-order chi connectivity index (χ1) is 17.1. The summed E-state index contributed by atoms with van der Waals surface area (Å²) in [6.45, 7) is 7.19. The molecule has 4 aliphatic rings. The molecule has 0 bridgehead atoms. The predicted molar refractivity (Wildman–Crippen MR) is 139 cm³/mol. The molecule has 5 heteroatoms. The third-order valence-electron chi connectivity index (χ3n) is 11.6. The Balaban J connectivity index is 1.25. The van der Waals surface area contributed by atoms with Crippen molar-refractivity contribution in [2.45, 2.75) is 103 Å². The molecule has 0 saturated heterocycles. The van der Waals surface area contributed by atoms with Gasteiger partial charge in [0.15, 0.2) is 0 Å². The fourth-order valence-corrected chi connectivity index (χ4v) is 9.49. The topological polar surface area (TPSA) is 87.0 Å². The van der Waals surface area contributed by atoms with E-state index >= 15 is 0 Å². The third kappa shape index (κ3) is 4.43. The molecule has 11 atom stereocenters. The maximum atomic E-state index is 12.5. The number of carbonyl (C=O) groups excluding carboxylic acids is 1. The van der Waals surface area contributed by atoms with Crippen molar-refractivity contribution in [1.29, 1.82) is 0 Å². The molecule has 0 spiro atoms. The number of hydrogen-bond acceptors (Lipinski definition) is 5. The van der Waals surface area contributed by atoms with Crippen LogP contribution in [0.25, 0.3) is 0 Å². The average molecular weight is 499 g/mol. The molecule has 0 aliphatic heterocycles. The lowest BCUT2D eigenvalue weighted by Gasteiger charge is -2.63. The van der Waals surface area contributed by atoms with Crippen molar-refractivity contribution >= 4 is 5.97 Å². The highest BCUT2D eigenvalue weighted by Gasteiger charge is 2.65. The zero-order valence-corrected chi connectivity index (χ0v) is 22.3. The summed E-state index contributed by atoms with van der Waals surface area (Å²) < 4.78 is 5.51. The van der Waals surface area contributed by atoms with Crippen LogP contribution >= 0.6 is 0 Å². The first kappa shape index (κ1) is 26.2. The van der Waals surface area contributed by atoms with E-state index in [1.54, 1.807) is 0 Å². The van der Waals surface area contributed by atoms with Crippen molar-refractivity contribution in [2.75, 3.05) is 0 Å². The van der Waals surface area contributed by atoms with E-state index in [9.17, 15) is 20.1 Å².